The maximum Gasteiger partial charge on any atom is 0.220 e. The molecule has 186 valence electrons. The van der Waals surface area contributed by atoms with E-state index in [0.29, 0.717) is 13.0 Å². The van der Waals surface area contributed by atoms with Gasteiger partial charge in [-0.05, 0) is 60.8 Å². The Balaban J connectivity index is 1.41. The highest BCUT2D eigenvalue weighted by atomic mass is 19.1. The Labute approximate surface area is 212 Å². The molecule has 2 heterocycles. The minimum absolute atomic E-state index is 0.0289. The minimum Gasteiger partial charge on any atom is -0.355 e. The number of halogens is 1. The van der Waals surface area contributed by atoms with Crippen LogP contribution >= 0.6 is 0 Å². The van der Waals surface area contributed by atoms with Gasteiger partial charge in [-0.25, -0.2) is 4.39 Å². The number of carbonyl (C=O) groups excluding carboxylic acids is 1. The van der Waals surface area contributed by atoms with E-state index in [4.69, 9.17) is 0 Å². The Bertz CT molecular complexity index is 1280. The van der Waals surface area contributed by atoms with Gasteiger partial charge in [-0.15, -0.1) is 0 Å². The van der Waals surface area contributed by atoms with Crippen LogP contribution in [0.4, 0.5) is 4.39 Å². The summed E-state index contributed by atoms with van der Waals surface area (Å²) in [5.41, 5.74) is 4.40. The molecule has 1 amide bonds. The summed E-state index contributed by atoms with van der Waals surface area (Å²) in [4.78, 5) is 15.6. The third kappa shape index (κ3) is 5.85. The third-order valence-corrected chi connectivity index (χ3v) is 7.25. The van der Waals surface area contributed by atoms with Crippen molar-refractivity contribution in [2.24, 2.45) is 0 Å². The smallest absolute Gasteiger partial charge is 0.220 e. The van der Waals surface area contributed by atoms with Crippen molar-refractivity contribution in [2.45, 2.75) is 38.1 Å². The van der Waals surface area contributed by atoms with Crippen LogP contribution in [0.15, 0.2) is 85.1 Å². The van der Waals surface area contributed by atoms with E-state index in [9.17, 15) is 9.18 Å². The van der Waals surface area contributed by atoms with Crippen LogP contribution in [0.5, 0.6) is 0 Å². The molecule has 1 aliphatic heterocycles. The number of aromatic nitrogens is 1. The fourth-order valence-corrected chi connectivity index (χ4v) is 5.36. The molecule has 0 saturated carbocycles. The standard InChI is InChI=1S/C31H34FN3O/c32-26-15-13-25(14-16-26)28(21-31(36)33-17-20-34-18-7-2-8-19-34)29-23-35(22-24-9-3-1-4-10-24)30-12-6-5-11-27(29)30/h1,3-6,9-16,23,28H,2,7-8,17-22H2,(H,33,36). The molecule has 1 aromatic heterocycles. The lowest BCUT2D eigenvalue weighted by molar-refractivity contribution is -0.121. The van der Waals surface area contributed by atoms with Crippen LogP contribution in [0.2, 0.25) is 0 Å². The number of likely N-dealkylation sites (tertiary alicyclic amines) is 1. The first-order chi connectivity index (χ1) is 17.7. The van der Waals surface area contributed by atoms with E-state index in [-0.39, 0.29) is 17.6 Å². The molecule has 1 unspecified atom stereocenters. The summed E-state index contributed by atoms with van der Waals surface area (Å²) in [5, 5.41) is 4.27. The van der Waals surface area contributed by atoms with Crippen molar-refractivity contribution in [3.8, 4) is 0 Å². The number of para-hydroxylation sites is 1. The first-order valence-corrected chi connectivity index (χ1v) is 13.0. The first-order valence-electron chi connectivity index (χ1n) is 13.0. The average Bonchev–Trinajstić information content (AvgIpc) is 3.27. The number of benzene rings is 3. The lowest BCUT2D eigenvalue weighted by Crippen LogP contribution is -2.38. The molecular weight excluding hydrogens is 449 g/mol. The zero-order valence-corrected chi connectivity index (χ0v) is 20.7. The van der Waals surface area contributed by atoms with Crippen LogP contribution < -0.4 is 5.32 Å². The zero-order valence-electron chi connectivity index (χ0n) is 20.7. The summed E-state index contributed by atoms with van der Waals surface area (Å²) in [7, 11) is 0. The fourth-order valence-electron chi connectivity index (χ4n) is 5.36. The normalized spacial score (nSPS) is 15.1. The van der Waals surface area contributed by atoms with Gasteiger partial charge in [0.25, 0.3) is 0 Å². The quantitative estimate of drug-likeness (QED) is 0.319. The molecule has 4 aromatic rings. The zero-order chi connectivity index (χ0) is 24.7. The van der Waals surface area contributed by atoms with Crippen molar-refractivity contribution in [2.75, 3.05) is 26.2 Å². The molecule has 0 radical (unpaired) electrons. The molecule has 5 heteroatoms. The van der Waals surface area contributed by atoms with Gasteiger partial charge in [-0.1, -0.05) is 67.1 Å². The van der Waals surface area contributed by atoms with Crippen molar-refractivity contribution < 1.29 is 9.18 Å². The monoisotopic (exact) mass is 483 g/mol. The fraction of sp³-hybridized carbons (Fsp3) is 0.323. The number of hydrogen-bond acceptors (Lipinski definition) is 2. The summed E-state index contributed by atoms with van der Waals surface area (Å²) >= 11 is 0. The van der Waals surface area contributed by atoms with E-state index >= 15 is 0 Å². The SMILES string of the molecule is O=C(CC(c1ccc(F)cc1)c1cn(Cc2ccccc2)c2ccccc12)NCCN1CCCCC1. The van der Waals surface area contributed by atoms with Crippen molar-refractivity contribution in [3.05, 3.63) is 108 Å². The molecule has 1 saturated heterocycles. The minimum atomic E-state index is -0.269. The Hall–Kier alpha value is -3.44. The number of rotatable bonds is 9. The van der Waals surface area contributed by atoms with Crippen LogP contribution in [0, 0.1) is 5.82 Å². The van der Waals surface area contributed by atoms with Gasteiger partial charge in [0.15, 0.2) is 0 Å². The molecule has 1 fully saturated rings. The van der Waals surface area contributed by atoms with Gasteiger partial charge >= 0.3 is 0 Å². The van der Waals surface area contributed by atoms with E-state index in [1.807, 2.05) is 30.3 Å². The van der Waals surface area contributed by atoms with Gasteiger partial charge in [0, 0.05) is 49.1 Å². The van der Waals surface area contributed by atoms with E-state index in [1.54, 1.807) is 0 Å². The molecule has 0 aliphatic carbocycles. The Morgan fingerprint density at radius 3 is 2.39 bits per heavy atom. The van der Waals surface area contributed by atoms with E-state index < -0.39 is 0 Å². The van der Waals surface area contributed by atoms with Crippen LogP contribution in [0.1, 0.15) is 48.3 Å². The molecule has 1 aliphatic rings. The lowest BCUT2D eigenvalue weighted by atomic mass is 9.88. The summed E-state index contributed by atoms with van der Waals surface area (Å²) in [6, 6.07) is 25.3. The van der Waals surface area contributed by atoms with Crippen LogP contribution in [-0.2, 0) is 11.3 Å². The van der Waals surface area contributed by atoms with Gasteiger partial charge in [0.1, 0.15) is 5.82 Å². The second-order valence-corrected chi connectivity index (χ2v) is 9.78. The number of amides is 1. The van der Waals surface area contributed by atoms with Crippen molar-refractivity contribution >= 4 is 16.8 Å². The van der Waals surface area contributed by atoms with Gasteiger partial charge in [0.2, 0.25) is 5.91 Å². The van der Waals surface area contributed by atoms with Crippen molar-refractivity contribution in [1.82, 2.24) is 14.8 Å². The van der Waals surface area contributed by atoms with Gasteiger partial charge in [-0.2, -0.15) is 0 Å². The number of nitrogens with one attached hydrogen (secondary N) is 1. The Morgan fingerprint density at radius 2 is 1.61 bits per heavy atom. The molecule has 1 atom stereocenters. The number of piperidine rings is 1. The predicted molar refractivity (Wildman–Crippen MR) is 144 cm³/mol. The van der Waals surface area contributed by atoms with Gasteiger partial charge < -0.3 is 14.8 Å². The van der Waals surface area contributed by atoms with E-state index in [1.165, 1.54) is 37.0 Å². The maximum atomic E-state index is 13.8. The van der Waals surface area contributed by atoms with Gasteiger partial charge in [0.05, 0.1) is 0 Å². The number of carbonyl (C=O) groups is 1. The molecule has 5 rings (SSSR count). The molecule has 0 spiro atoms. The molecule has 36 heavy (non-hydrogen) atoms. The second kappa shape index (κ2) is 11.5. The van der Waals surface area contributed by atoms with Gasteiger partial charge in [-0.3, -0.25) is 4.79 Å². The first kappa shape index (κ1) is 24.3. The highest BCUT2D eigenvalue weighted by Gasteiger charge is 2.23. The summed E-state index contributed by atoms with van der Waals surface area (Å²) in [5.74, 6) is -0.404. The summed E-state index contributed by atoms with van der Waals surface area (Å²) < 4.78 is 16.0. The van der Waals surface area contributed by atoms with Crippen LogP contribution in [0.3, 0.4) is 0 Å². The second-order valence-electron chi connectivity index (χ2n) is 9.78. The summed E-state index contributed by atoms with van der Waals surface area (Å²) in [6.07, 6.45) is 6.29. The molecule has 4 nitrogen and oxygen atoms in total. The molecular formula is C31H34FN3O. The number of nitrogens with zero attached hydrogens (tertiary/aromatic N) is 2. The molecule has 0 bridgehead atoms. The number of fused-ring (bicyclic) bond motifs is 1. The van der Waals surface area contributed by atoms with Crippen LogP contribution in [0.25, 0.3) is 10.9 Å². The maximum absolute atomic E-state index is 13.8. The van der Waals surface area contributed by atoms with Crippen molar-refractivity contribution in [1.29, 1.82) is 0 Å². The summed E-state index contributed by atoms with van der Waals surface area (Å²) in [6.45, 7) is 4.54. The van der Waals surface area contributed by atoms with E-state index in [2.05, 4.69) is 57.4 Å². The predicted octanol–water partition coefficient (Wildman–Crippen LogP) is 5.95. The highest BCUT2D eigenvalue weighted by Crippen LogP contribution is 2.35. The lowest BCUT2D eigenvalue weighted by Gasteiger charge is -2.26. The molecule has 3 aromatic carbocycles. The number of hydrogen-bond donors (Lipinski definition) is 1. The topological polar surface area (TPSA) is 37.3 Å². The van der Waals surface area contributed by atoms with Crippen molar-refractivity contribution in [3.63, 3.8) is 0 Å². The largest absolute Gasteiger partial charge is 0.355 e. The average molecular weight is 484 g/mol. The highest BCUT2D eigenvalue weighted by molar-refractivity contribution is 5.86. The molecule has 1 N–H and O–H groups in total. The van der Waals surface area contributed by atoms with E-state index in [0.717, 1.165) is 48.2 Å². The Kier molecular flexibility index (Phi) is 7.77. The Morgan fingerprint density at radius 1 is 0.889 bits per heavy atom. The third-order valence-electron chi connectivity index (χ3n) is 7.25. The van der Waals surface area contributed by atoms with Crippen LogP contribution in [-0.4, -0.2) is 41.6 Å².